The lowest BCUT2D eigenvalue weighted by Gasteiger charge is -2.27. The van der Waals surface area contributed by atoms with Gasteiger partial charge in [-0.05, 0) is 69.5 Å². The van der Waals surface area contributed by atoms with Crippen LogP contribution in [-0.2, 0) is 16.2 Å². The van der Waals surface area contributed by atoms with Gasteiger partial charge in [0.05, 0.1) is 15.2 Å². The number of barbiturate groups is 1. The van der Waals surface area contributed by atoms with Crippen molar-refractivity contribution in [1.82, 2.24) is 5.32 Å². The lowest BCUT2D eigenvalue weighted by molar-refractivity contribution is -0.122. The molecule has 0 unspecified atom stereocenters. The molecule has 1 fully saturated rings. The zero-order chi connectivity index (χ0) is 23.5. The third-order valence-electron chi connectivity index (χ3n) is 4.77. The van der Waals surface area contributed by atoms with Crippen LogP contribution in [0.4, 0.5) is 14.9 Å². The molecule has 0 spiro atoms. The van der Waals surface area contributed by atoms with Gasteiger partial charge in [-0.25, -0.2) is 14.1 Å². The molecule has 0 radical (unpaired) electrons. The number of ether oxygens (including phenoxy) is 1. The number of rotatable bonds is 5. The summed E-state index contributed by atoms with van der Waals surface area (Å²) in [5.74, 6) is -1.40. The van der Waals surface area contributed by atoms with Crippen LogP contribution in [0, 0.1) is 5.82 Å². The van der Waals surface area contributed by atoms with Gasteiger partial charge in [-0.1, -0.05) is 41.9 Å². The van der Waals surface area contributed by atoms with Gasteiger partial charge in [0.1, 0.15) is 23.7 Å². The van der Waals surface area contributed by atoms with Crippen molar-refractivity contribution in [2.24, 2.45) is 0 Å². The van der Waals surface area contributed by atoms with E-state index in [1.807, 2.05) is 0 Å². The first kappa shape index (κ1) is 22.7. The van der Waals surface area contributed by atoms with Crippen LogP contribution in [0.5, 0.6) is 5.75 Å². The molecule has 1 saturated heterocycles. The van der Waals surface area contributed by atoms with Crippen molar-refractivity contribution in [2.45, 2.75) is 6.61 Å². The fourth-order valence-corrected chi connectivity index (χ4v) is 3.87. The van der Waals surface area contributed by atoms with Gasteiger partial charge in [-0.3, -0.25) is 14.9 Å². The zero-order valence-electron chi connectivity index (χ0n) is 16.8. The molecule has 0 bridgehead atoms. The minimum Gasteiger partial charge on any atom is -0.488 e. The Labute approximate surface area is 201 Å². The lowest BCUT2D eigenvalue weighted by atomic mass is 10.1. The molecule has 0 aliphatic carbocycles. The largest absolute Gasteiger partial charge is 0.488 e. The molecule has 6 nitrogen and oxygen atoms in total. The Morgan fingerprint density at radius 1 is 1.03 bits per heavy atom. The van der Waals surface area contributed by atoms with Crippen LogP contribution < -0.4 is 15.0 Å². The minimum absolute atomic E-state index is 0.172. The molecule has 33 heavy (non-hydrogen) atoms. The van der Waals surface area contributed by atoms with Crippen LogP contribution in [0.25, 0.3) is 6.08 Å². The Morgan fingerprint density at radius 2 is 1.76 bits per heavy atom. The molecule has 1 N–H and O–H groups in total. The Morgan fingerprint density at radius 3 is 2.45 bits per heavy atom. The number of hydrogen-bond acceptors (Lipinski definition) is 4. The van der Waals surface area contributed by atoms with E-state index in [1.54, 1.807) is 48.5 Å². The van der Waals surface area contributed by atoms with Crippen molar-refractivity contribution in [1.29, 1.82) is 0 Å². The highest BCUT2D eigenvalue weighted by atomic mass is 79.9. The first-order chi connectivity index (χ1) is 15.8. The summed E-state index contributed by atoms with van der Waals surface area (Å²) in [5.41, 5.74) is 1.28. The molecule has 9 heteroatoms. The van der Waals surface area contributed by atoms with Crippen LogP contribution in [0.15, 0.2) is 76.8 Å². The highest BCUT2D eigenvalue weighted by Crippen LogP contribution is 2.30. The molecule has 1 aliphatic heterocycles. The topological polar surface area (TPSA) is 75.7 Å². The third kappa shape index (κ3) is 4.97. The predicted molar refractivity (Wildman–Crippen MR) is 125 cm³/mol. The number of halogens is 3. The molecule has 4 rings (SSSR count). The quantitative estimate of drug-likeness (QED) is 0.350. The van der Waals surface area contributed by atoms with Crippen LogP contribution >= 0.6 is 27.5 Å². The second-order valence-electron chi connectivity index (χ2n) is 7.01. The van der Waals surface area contributed by atoms with E-state index in [0.29, 0.717) is 15.8 Å². The fourth-order valence-electron chi connectivity index (χ4n) is 3.14. The second kappa shape index (κ2) is 9.56. The van der Waals surface area contributed by atoms with Gasteiger partial charge in [0, 0.05) is 0 Å². The second-order valence-corrected chi connectivity index (χ2v) is 8.28. The Kier molecular flexibility index (Phi) is 6.57. The zero-order valence-corrected chi connectivity index (χ0v) is 19.2. The van der Waals surface area contributed by atoms with Gasteiger partial charge in [-0.15, -0.1) is 0 Å². The molecular weight excluding hydrogens is 515 g/mol. The van der Waals surface area contributed by atoms with Crippen molar-refractivity contribution < 1.29 is 23.5 Å². The first-order valence-electron chi connectivity index (χ1n) is 9.66. The van der Waals surface area contributed by atoms with E-state index in [9.17, 15) is 18.8 Å². The average molecular weight is 530 g/mol. The third-order valence-corrected chi connectivity index (χ3v) is 5.71. The average Bonchev–Trinajstić information content (AvgIpc) is 2.78. The summed E-state index contributed by atoms with van der Waals surface area (Å²) in [4.78, 5) is 38.5. The lowest BCUT2D eigenvalue weighted by Crippen LogP contribution is -2.54. The fraction of sp³-hybridized carbons (Fsp3) is 0.0417. The summed E-state index contributed by atoms with van der Waals surface area (Å²) in [6, 6.07) is 16.4. The number of nitrogens with one attached hydrogen (secondary N) is 1. The molecule has 3 aromatic carbocycles. The summed E-state index contributed by atoms with van der Waals surface area (Å²) < 4.78 is 19.4. The van der Waals surface area contributed by atoms with Gasteiger partial charge in [0.2, 0.25) is 0 Å². The highest BCUT2D eigenvalue weighted by Gasteiger charge is 2.37. The Hall–Kier alpha value is -3.49. The van der Waals surface area contributed by atoms with E-state index in [1.165, 1.54) is 24.3 Å². The van der Waals surface area contributed by atoms with Crippen molar-refractivity contribution >= 4 is 57.1 Å². The summed E-state index contributed by atoms with van der Waals surface area (Å²) in [6.45, 7) is 0.231. The number of hydrogen-bond donors (Lipinski definition) is 1. The van der Waals surface area contributed by atoms with E-state index in [-0.39, 0.29) is 28.7 Å². The molecule has 166 valence electrons. The summed E-state index contributed by atoms with van der Waals surface area (Å²) in [5, 5.41) is 2.36. The number of anilines is 1. The molecule has 3 aromatic rings. The molecule has 1 heterocycles. The van der Waals surface area contributed by atoms with Crippen LogP contribution in [0.3, 0.4) is 0 Å². The Bertz CT molecular complexity index is 1290. The minimum atomic E-state index is -0.874. The maximum Gasteiger partial charge on any atom is 0.335 e. The molecule has 1 aliphatic rings. The van der Waals surface area contributed by atoms with E-state index in [4.69, 9.17) is 16.3 Å². The van der Waals surface area contributed by atoms with Crippen molar-refractivity contribution in [3.63, 3.8) is 0 Å². The molecule has 0 saturated carbocycles. The number of nitrogens with zero attached hydrogens (tertiary/aromatic N) is 1. The van der Waals surface area contributed by atoms with Crippen molar-refractivity contribution in [3.05, 3.63) is 98.7 Å². The molecule has 0 atom stereocenters. The monoisotopic (exact) mass is 528 g/mol. The summed E-state index contributed by atoms with van der Waals surface area (Å²) in [7, 11) is 0. The van der Waals surface area contributed by atoms with Crippen LogP contribution in [0.1, 0.15) is 11.1 Å². The van der Waals surface area contributed by atoms with Gasteiger partial charge in [0.15, 0.2) is 0 Å². The standard InChI is InChI=1S/C24H15BrClFN2O4/c25-18-12-15(7-10-21(18)33-13-14-5-8-16(27)9-6-14)11-17-22(30)28-24(32)29(23(17)31)20-4-2-1-3-19(20)26/h1-12H,13H2,(H,28,30,32)/b17-11+. The highest BCUT2D eigenvalue weighted by molar-refractivity contribution is 9.10. The van der Waals surface area contributed by atoms with E-state index < -0.39 is 17.8 Å². The number of para-hydroxylation sites is 1. The number of benzene rings is 3. The maximum atomic E-state index is 13.0. The SMILES string of the molecule is O=C1NC(=O)N(c2ccccc2Cl)C(=O)/C1=C/c1ccc(OCc2ccc(F)cc2)c(Br)c1. The van der Waals surface area contributed by atoms with E-state index in [2.05, 4.69) is 21.2 Å². The van der Waals surface area contributed by atoms with Gasteiger partial charge >= 0.3 is 6.03 Å². The normalized spacial score (nSPS) is 15.1. The van der Waals surface area contributed by atoms with Gasteiger partial charge in [0.25, 0.3) is 11.8 Å². The first-order valence-corrected chi connectivity index (χ1v) is 10.8. The van der Waals surface area contributed by atoms with Gasteiger partial charge < -0.3 is 4.74 Å². The smallest absolute Gasteiger partial charge is 0.335 e. The summed E-state index contributed by atoms with van der Waals surface area (Å²) in [6.07, 6.45) is 1.38. The molecule has 0 aromatic heterocycles. The maximum absolute atomic E-state index is 13.0. The number of carbonyl (C=O) groups excluding carboxylic acids is 3. The van der Waals surface area contributed by atoms with Crippen molar-refractivity contribution in [3.8, 4) is 5.75 Å². The van der Waals surface area contributed by atoms with Crippen LogP contribution in [-0.4, -0.2) is 17.8 Å². The van der Waals surface area contributed by atoms with Crippen LogP contribution in [0.2, 0.25) is 5.02 Å². The van der Waals surface area contributed by atoms with E-state index in [0.717, 1.165) is 10.5 Å². The number of amides is 4. The van der Waals surface area contributed by atoms with Crippen molar-refractivity contribution in [2.75, 3.05) is 4.90 Å². The van der Waals surface area contributed by atoms with Gasteiger partial charge in [-0.2, -0.15) is 0 Å². The number of carbonyl (C=O) groups is 3. The molecular formula is C24H15BrClFN2O4. The summed E-state index contributed by atoms with van der Waals surface area (Å²) >= 11 is 9.55. The predicted octanol–water partition coefficient (Wildman–Crippen LogP) is 5.49. The van der Waals surface area contributed by atoms with E-state index >= 15 is 0 Å². The molecule has 4 amide bonds. The Balaban J connectivity index is 1.57. The number of imide groups is 2. The number of urea groups is 1.